The predicted molar refractivity (Wildman–Crippen MR) is 142 cm³/mol. The second-order valence-corrected chi connectivity index (χ2v) is 10.5. The Labute approximate surface area is 224 Å². The number of benzene rings is 2. The molecule has 0 bridgehead atoms. The molecular formula is C28H30FN3O5S. The Bertz CT molecular complexity index is 1300. The third-order valence-corrected chi connectivity index (χ3v) is 7.66. The van der Waals surface area contributed by atoms with Crippen molar-refractivity contribution in [1.29, 1.82) is 0 Å². The lowest BCUT2D eigenvalue weighted by atomic mass is 10.1. The zero-order valence-electron chi connectivity index (χ0n) is 21.4. The molecule has 2 aromatic carbocycles. The molecular weight excluding hydrogens is 509 g/mol. The van der Waals surface area contributed by atoms with Gasteiger partial charge in [0, 0.05) is 41.8 Å². The Morgan fingerprint density at radius 3 is 2.47 bits per heavy atom. The summed E-state index contributed by atoms with van der Waals surface area (Å²) in [6, 6.07) is 12.3. The zero-order chi connectivity index (χ0) is 27.2. The van der Waals surface area contributed by atoms with Crippen LogP contribution in [0.1, 0.15) is 44.8 Å². The quantitative estimate of drug-likeness (QED) is 0.259. The number of nitro benzene ring substituents is 1. The van der Waals surface area contributed by atoms with E-state index in [0.29, 0.717) is 18.7 Å². The highest BCUT2D eigenvalue weighted by Gasteiger charge is 2.28. The van der Waals surface area contributed by atoms with Gasteiger partial charge < -0.3 is 14.5 Å². The van der Waals surface area contributed by atoms with Gasteiger partial charge in [0.05, 0.1) is 17.6 Å². The van der Waals surface area contributed by atoms with Crippen molar-refractivity contribution in [3.8, 4) is 0 Å². The van der Waals surface area contributed by atoms with Crippen LogP contribution in [0.25, 0.3) is 0 Å². The number of ether oxygens (including phenoxy) is 1. The number of hydrogen-bond donors (Lipinski definition) is 0. The first-order valence-corrected chi connectivity index (χ1v) is 13.3. The van der Waals surface area contributed by atoms with Gasteiger partial charge in [0.1, 0.15) is 12.4 Å². The number of thiophene rings is 1. The van der Waals surface area contributed by atoms with Crippen molar-refractivity contribution in [2.24, 2.45) is 0 Å². The van der Waals surface area contributed by atoms with Gasteiger partial charge in [-0.3, -0.25) is 19.7 Å². The topological polar surface area (TPSA) is 93.0 Å². The zero-order valence-corrected chi connectivity index (χ0v) is 22.2. The molecule has 1 atom stereocenters. The number of hydrogen-bond acceptors (Lipinski definition) is 6. The SMILES string of the molecule is Cc1ccc(C(=O)N(CC(=O)N(Cc2ccc(F)cc2)Cc2sccc2C)CC2CCCO2)cc1[N+](=O)[O-]. The minimum Gasteiger partial charge on any atom is -0.376 e. The van der Waals surface area contributed by atoms with E-state index in [1.54, 1.807) is 41.4 Å². The molecule has 0 radical (unpaired) electrons. The smallest absolute Gasteiger partial charge is 0.273 e. The van der Waals surface area contributed by atoms with Crippen LogP contribution in [-0.2, 0) is 22.6 Å². The van der Waals surface area contributed by atoms with Crippen LogP contribution in [0.15, 0.2) is 53.9 Å². The summed E-state index contributed by atoms with van der Waals surface area (Å²) in [5.74, 6) is -1.11. The number of rotatable bonds is 10. The molecule has 0 N–H and O–H groups in total. The lowest BCUT2D eigenvalue weighted by Crippen LogP contribution is -2.45. The van der Waals surface area contributed by atoms with Gasteiger partial charge in [0.2, 0.25) is 5.91 Å². The molecule has 1 saturated heterocycles. The molecule has 1 aliphatic heterocycles. The highest BCUT2D eigenvalue weighted by atomic mass is 32.1. The Morgan fingerprint density at radius 2 is 1.84 bits per heavy atom. The van der Waals surface area contributed by atoms with Crippen LogP contribution < -0.4 is 0 Å². The van der Waals surface area contributed by atoms with E-state index < -0.39 is 10.8 Å². The molecule has 2 amide bonds. The van der Waals surface area contributed by atoms with Gasteiger partial charge in [-0.2, -0.15) is 0 Å². The number of nitro groups is 1. The minimum absolute atomic E-state index is 0.146. The molecule has 0 saturated carbocycles. The minimum atomic E-state index is -0.518. The maximum atomic E-state index is 13.7. The fourth-order valence-corrected chi connectivity index (χ4v) is 5.34. The maximum absolute atomic E-state index is 13.7. The molecule has 200 valence electrons. The van der Waals surface area contributed by atoms with Crippen LogP contribution in [0, 0.1) is 29.8 Å². The number of nitrogens with zero attached hydrogens (tertiary/aromatic N) is 3. The first-order valence-electron chi connectivity index (χ1n) is 12.4. The summed E-state index contributed by atoms with van der Waals surface area (Å²) in [4.78, 5) is 42.3. The largest absolute Gasteiger partial charge is 0.376 e. The van der Waals surface area contributed by atoms with E-state index in [1.807, 2.05) is 18.4 Å². The van der Waals surface area contributed by atoms with E-state index in [1.165, 1.54) is 29.2 Å². The van der Waals surface area contributed by atoms with Crippen LogP contribution in [0.3, 0.4) is 0 Å². The van der Waals surface area contributed by atoms with Crippen molar-refractivity contribution in [1.82, 2.24) is 9.80 Å². The Morgan fingerprint density at radius 1 is 1.08 bits per heavy atom. The second-order valence-electron chi connectivity index (χ2n) is 9.48. The van der Waals surface area contributed by atoms with Crippen LogP contribution in [0.5, 0.6) is 0 Å². The maximum Gasteiger partial charge on any atom is 0.273 e. The number of amides is 2. The molecule has 1 fully saturated rings. The van der Waals surface area contributed by atoms with Gasteiger partial charge in [-0.05, 0) is 67.5 Å². The normalized spacial score (nSPS) is 14.9. The molecule has 8 nitrogen and oxygen atoms in total. The van der Waals surface area contributed by atoms with Crippen molar-refractivity contribution in [2.45, 2.75) is 45.9 Å². The summed E-state index contributed by atoms with van der Waals surface area (Å²) in [7, 11) is 0. The lowest BCUT2D eigenvalue weighted by molar-refractivity contribution is -0.385. The molecule has 38 heavy (non-hydrogen) atoms. The summed E-state index contributed by atoms with van der Waals surface area (Å²) in [5, 5.41) is 13.4. The van der Waals surface area contributed by atoms with E-state index in [2.05, 4.69) is 0 Å². The summed E-state index contributed by atoms with van der Waals surface area (Å²) in [5.41, 5.74) is 2.27. The van der Waals surface area contributed by atoms with Crippen molar-refractivity contribution in [3.63, 3.8) is 0 Å². The summed E-state index contributed by atoms with van der Waals surface area (Å²) >= 11 is 1.54. The van der Waals surface area contributed by atoms with E-state index in [4.69, 9.17) is 4.74 Å². The number of carbonyl (C=O) groups is 2. The van der Waals surface area contributed by atoms with Gasteiger partial charge in [0.15, 0.2) is 0 Å². The third kappa shape index (κ3) is 6.81. The number of halogens is 1. The Hall–Kier alpha value is -3.63. The average molecular weight is 540 g/mol. The van der Waals surface area contributed by atoms with Crippen LogP contribution >= 0.6 is 11.3 Å². The van der Waals surface area contributed by atoms with E-state index >= 15 is 0 Å². The number of carbonyl (C=O) groups excluding carboxylic acids is 2. The predicted octanol–water partition coefficient (Wildman–Crippen LogP) is 5.26. The van der Waals surface area contributed by atoms with Gasteiger partial charge >= 0.3 is 0 Å². The lowest BCUT2D eigenvalue weighted by Gasteiger charge is -2.29. The third-order valence-electron chi connectivity index (χ3n) is 6.66. The highest BCUT2D eigenvalue weighted by molar-refractivity contribution is 7.10. The summed E-state index contributed by atoms with van der Waals surface area (Å²) < 4.78 is 19.2. The van der Waals surface area contributed by atoms with E-state index in [0.717, 1.165) is 28.8 Å². The molecule has 0 spiro atoms. The Kier molecular flexibility index (Phi) is 8.85. The first-order chi connectivity index (χ1) is 18.2. The fraction of sp³-hybridized carbons (Fsp3) is 0.357. The van der Waals surface area contributed by atoms with E-state index in [-0.39, 0.29) is 48.7 Å². The molecule has 10 heteroatoms. The summed E-state index contributed by atoms with van der Waals surface area (Å²) in [6.45, 7) is 4.75. The van der Waals surface area contributed by atoms with Crippen LogP contribution in [0.4, 0.5) is 10.1 Å². The van der Waals surface area contributed by atoms with Gasteiger partial charge in [-0.15, -0.1) is 11.3 Å². The Balaban J connectivity index is 1.60. The highest BCUT2D eigenvalue weighted by Crippen LogP contribution is 2.23. The monoisotopic (exact) mass is 539 g/mol. The second kappa shape index (κ2) is 12.3. The van der Waals surface area contributed by atoms with Crippen molar-refractivity contribution in [2.75, 3.05) is 19.7 Å². The average Bonchev–Trinajstić information content (AvgIpc) is 3.55. The van der Waals surface area contributed by atoms with Crippen LogP contribution in [-0.4, -0.2) is 52.3 Å². The van der Waals surface area contributed by atoms with Crippen molar-refractivity contribution in [3.05, 3.63) is 97.0 Å². The van der Waals surface area contributed by atoms with Crippen LogP contribution in [0.2, 0.25) is 0 Å². The molecule has 3 aromatic rings. The van der Waals surface area contributed by atoms with Gasteiger partial charge in [-0.1, -0.05) is 18.2 Å². The molecule has 0 aliphatic carbocycles. The molecule has 2 heterocycles. The van der Waals surface area contributed by atoms with Gasteiger partial charge in [-0.25, -0.2) is 4.39 Å². The van der Waals surface area contributed by atoms with E-state index in [9.17, 15) is 24.1 Å². The number of aryl methyl sites for hydroxylation is 2. The molecule has 1 unspecified atom stereocenters. The first kappa shape index (κ1) is 27.4. The fourth-order valence-electron chi connectivity index (χ4n) is 4.42. The molecule has 1 aromatic heterocycles. The summed E-state index contributed by atoms with van der Waals surface area (Å²) in [6.07, 6.45) is 1.42. The van der Waals surface area contributed by atoms with Crippen molar-refractivity contribution < 1.29 is 23.6 Å². The van der Waals surface area contributed by atoms with Gasteiger partial charge in [0.25, 0.3) is 11.6 Å². The molecule has 4 rings (SSSR count). The molecule has 1 aliphatic rings. The standard InChI is InChI=1S/C28H30FN3O5S/c1-19-5-8-22(14-25(19)32(35)36)28(34)31(16-24-4-3-12-37-24)18-27(33)30(17-26-20(2)11-13-38-26)15-21-6-9-23(29)10-7-21/h5-11,13-14,24H,3-4,12,15-18H2,1-2H3. The van der Waals surface area contributed by atoms with Crippen molar-refractivity contribution >= 4 is 28.8 Å².